The number of aromatic nitrogens is 1. The molecular formula is C21H22N2OS. The topological polar surface area (TPSA) is 42.0 Å². The van der Waals surface area contributed by atoms with Crippen LogP contribution in [0.25, 0.3) is 10.6 Å². The molecule has 0 saturated heterocycles. The Hall–Kier alpha value is -2.46. The van der Waals surface area contributed by atoms with Crippen LogP contribution in [-0.2, 0) is 0 Å². The molecule has 0 radical (unpaired) electrons. The molecule has 0 spiro atoms. The number of benzene rings is 2. The second-order valence-electron chi connectivity index (χ2n) is 6.19. The van der Waals surface area contributed by atoms with Crippen molar-refractivity contribution in [2.75, 3.05) is 5.32 Å². The van der Waals surface area contributed by atoms with E-state index in [4.69, 9.17) is 0 Å². The van der Waals surface area contributed by atoms with Gasteiger partial charge < -0.3 is 5.32 Å². The molecule has 1 N–H and O–H groups in total. The molecule has 3 nitrogen and oxygen atoms in total. The quantitative estimate of drug-likeness (QED) is 0.624. The summed E-state index contributed by atoms with van der Waals surface area (Å²) in [4.78, 5) is 17.8. The van der Waals surface area contributed by atoms with Gasteiger partial charge in [-0.25, -0.2) is 4.98 Å². The Bertz CT molecular complexity index is 853. The molecule has 0 aliphatic rings. The van der Waals surface area contributed by atoms with Gasteiger partial charge in [0, 0.05) is 11.3 Å². The third-order valence-electron chi connectivity index (χ3n) is 4.37. The summed E-state index contributed by atoms with van der Waals surface area (Å²) >= 11 is 1.43. The number of hydrogen-bond donors (Lipinski definition) is 1. The van der Waals surface area contributed by atoms with Crippen molar-refractivity contribution in [1.82, 2.24) is 4.98 Å². The molecule has 0 saturated carbocycles. The van der Waals surface area contributed by atoms with Gasteiger partial charge in [0.15, 0.2) is 0 Å². The zero-order valence-electron chi connectivity index (χ0n) is 14.7. The minimum absolute atomic E-state index is 0.103. The van der Waals surface area contributed by atoms with Crippen LogP contribution in [0.3, 0.4) is 0 Å². The Morgan fingerprint density at radius 3 is 2.44 bits per heavy atom. The Morgan fingerprint density at radius 1 is 1.12 bits per heavy atom. The van der Waals surface area contributed by atoms with Crippen molar-refractivity contribution >= 4 is 22.9 Å². The van der Waals surface area contributed by atoms with E-state index in [1.807, 2.05) is 49.4 Å². The van der Waals surface area contributed by atoms with Gasteiger partial charge in [-0.2, -0.15) is 0 Å². The zero-order valence-corrected chi connectivity index (χ0v) is 15.6. The molecule has 1 heterocycles. The first-order chi connectivity index (χ1) is 12.1. The number of rotatable bonds is 5. The SMILES string of the molecule is CCC(C)c1ccc(NC(=O)c2sc(-c3ccccc3)nc2C)cc1. The summed E-state index contributed by atoms with van der Waals surface area (Å²) < 4.78 is 0. The molecule has 1 amide bonds. The van der Waals surface area contributed by atoms with Crippen LogP contribution in [0.5, 0.6) is 0 Å². The first kappa shape index (κ1) is 17.4. The number of thiazole rings is 1. The Morgan fingerprint density at radius 2 is 1.80 bits per heavy atom. The molecule has 3 rings (SSSR count). The van der Waals surface area contributed by atoms with Crippen molar-refractivity contribution in [1.29, 1.82) is 0 Å². The highest BCUT2D eigenvalue weighted by atomic mass is 32.1. The van der Waals surface area contributed by atoms with Gasteiger partial charge in [-0.05, 0) is 37.0 Å². The summed E-state index contributed by atoms with van der Waals surface area (Å²) in [6.45, 7) is 6.26. The minimum atomic E-state index is -0.103. The Kier molecular flexibility index (Phi) is 5.29. The summed E-state index contributed by atoms with van der Waals surface area (Å²) in [5, 5.41) is 3.85. The van der Waals surface area contributed by atoms with Crippen LogP contribution >= 0.6 is 11.3 Å². The maximum Gasteiger partial charge on any atom is 0.267 e. The fourth-order valence-electron chi connectivity index (χ4n) is 2.63. The average Bonchev–Trinajstić information content (AvgIpc) is 3.04. The molecule has 3 aromatic rings. The fourth-order valence-corrected chi connectivity index (χ4v) is 3.60. The summed E-state index contributed by atoms with van der Waals surface area (Å²) in [6.07, 6.45) is 1.11. The normalized spacial score (nSPS) is 12.0. The standard InChI is InChI=1S/C21H22N2OS/c1-4-14(2)16-10-12-18(13-11-16)23-20(24)19-15(3)22-21(25-19)17-8-6-5-7-9-17/h5-14H,4H2,1-3H3,(H,23,24). The van der Waals surface area contributed by atoms with E-state index in [1.165, 1.54) is 16.9 Å². The number of anilines is 1. The minimum Gasteiger partial charge on any atom is -0.321 e. The van der Waals surface area contributed by atoms with Gasteiger partial charge in [-0.3, -0.25) is 4.79 Å². The lowest BCUT2D eigenvalue weighted by Gasteiger charge is -2.10. The van der Waals surface area contributed by atoms with Crippen molar-refractivity contribution in [2.45, 2.75) is 33.1 Å². The molecule has 0 fully saturated rings. The number of nitrogens with zero attached hydrogens (tertiary/aromatic N) is 1. The van der Waals surface area contributed by atoms with Crippen LogP contribution in [-0.4, -0.2) is 10.9 Å². The second-order valence-corrected chi connectivity index (χ2v) is 7.18. The number of nitrogens with one attached hydrogen (secondary N) is 1. The predicted octanol–water partition coefficient (Wildman–Crippen LogP) is 5.88. The van der Waals surface area contributed by atoms with Gasteiger partial charge in [0.05, 0.1) is 5.69 Å². The van der Waals surface area contributed by atoms with Crippen molar-refractivity contribution in [3.8, 4) is 10.6 Å². The Balaban J connectivity index is 1.76. The van der Waals surface area contributed by atoms with Gasteiger partial charge in [-0.15, -0.1) is 11.3 Å². The third kappa shape index (κ3) is 3.97. The smallest absolute Gasteiger partial charge is 0.267 e. The van der Waals surface area contributed by atoms with Crippen molar-refractivity contribution in [3.05, 3.63) is 70.7 Å². The molecule has 1 aromatic heterocycles. The van der Waals surface area contributed by atoms with Crippen LogP contribution in [0.15, 0.2) is 54.6 Å². The molecule has 128 valence electrons. The van der Waals surface area contributed by atoms with Gasteiger partial charge in [-0.1, -0.05) is 56.3 Å². The van der Waals surface area contributed by atoms with Crippen LogP contribution in [0, 0.1) is 6.92 Å². The second kappa shape index (κ2) is 7.62. The molecule has 25 heavy (non-hydrogen) atoms. The predicted molar refractivity (Wildman–Crippen MR) is 105 cm³/mol. The first-order valence-corrected chi connectivity index (χ1v) is 9.34. The lowest BCUT2D eigenvalue weighted by Crippen LogP contribution is -2.11. The molecule has 2 aromatic carbocycles. The van der Waals surface area contributed by atoms with Crippen LogP contribution in [0.1, 0.15) is 47.1 Å². The number of hydrogen-bond acceptors (Lipinski definition) is 3. The Labute approximate surface area is 152 Å². The highest BCUT2D eigenvalue weighted by molar-refractivity contribution is 7.17. The molecule has 1 unspecified atom stereocenters. The van der Waals surface area contributed by atoms with Crippen LogP contribution < -0.4 is 5.32 Å². The molecule has 0 aliphatic heterocycles. The first-order valence-electron chi connectivity index (χ1n) is 8.52. The summed E-state index contributed by atoms with van der Waals surface area (Å²) in [5.74, 6) is 0.426. The van der Waals surface area contributed by atoms with Crippen LogP contribution in [0.2, 0.25) is 0 Å². The number of aryl methyl sites for hydroxylation is 1. The monoisotopic (exact) mass is 350 g/mol. The van der Waals surface area contributed by atoms with Crippen molar-refractivity contribution in [3.63, 3.8) is 0 Å². The highest BCUT2D eigenvalue weighted by Gasteiger charge is 2.16. The van der Waals surface area contributed by atoms with E-state index in [2.05, 4.69) is 36.3 Å². The van der Waals surface area contributed by atoms with E-state index >= 15 is 0 Å². The summed E-state index contributed by atoms with van der Waals surface area (Å²) in [5.41, 5.74) is 3.90. The average molecular weight is 350 g/mol. The van der Waals surface area contributed by atoms with Gasteiger partial charge in [0.1, 0.15) is 9.88 Å². The molecule has 1 atom stereocenters. The van der Waals surface area contributed by atoms with Crippen LogP contribution in [0.4, 0.5) is 5.69 Å². The molecule has 0 aliphatic carbocycles. The third-order valence-corrected chi connectivity index (χ3v) is 5.58. The summed E-state index contributed by atoms with van der Waals surface area (Å²) in [6, 6.07) is 18.0. The van der Waals surface area contributed by atoms with Crippen molar-refractivity contribution in [2.24, 2.45) is 0 Å². The van der Waals surface area contributed by atoms with E-state index in [0.29, 0.717) is 10.8 Å². The van der Waals surface area contributed by atoms with Gasteiger partial charge in [0.25, 0.3) is 5.91 Å². The van der Waals surface area contributed by atoms with E-state index in [1.54, 1.807) is 0 Å². The largest absolute Gasteiger partial charge is 0.321 e. The maximum atomic E-state index is 12.6. The van der Waals surface area contributed by atoms with Gasteiger partial charge in [0.2, 0.25) is 0 Å². The lowest BCUT2D eigenvalue weighted by molar-refractivity contribution is 0.103. The number of carbonyl (C=O) groups is 1. The van der Waals surface area contributed by atoms with E-state index in [0.717, 1.165) is 28.4 Å². The van der Waals surface area contributed by atoms with E-state index in [-0.39, 0.29) is 5.91 Å². The molecule has 0 bridgehead atoms. The highest BCUT2D eigenvalue weighted by Crippen LogP contribution is 2.28. The fraction of sp³-hybridized carbons (Fsp3) is 0.238. The number of carbonyl (C=O) groups excluding carboxylic acids is 1. The number of amides is 1. The van der Waals surface area contributed by atoms with E-state index < -0.39 is 0 Å². The molecule has 4 heteroatoms. The van der Waals surface area contributed by atoms with Gasteiger partial charge >= 0.3 is 0 Å². The zero-order chi connectivity index (χ0) is 17.8. The van der Waals surface area contributed by atoms with E-state index in [9.17, 15) is 4.79 Å². The summed E-state index contributed by atoms with van der Waals surface area (Å²) in [7, 11) is 0. The lowest BCUT2D eigenvalue weighted by atomic mass is 9.99. The van der Waals surface area contributed by atoms with Crippen molar-refractivity contribution < 1.29 is 4.79 Å². The maximum absolute atomic E-state index is 12.6. The molecular weight excluding hydrogens is 328 g/mol.